The van der Waals surface area contributed by atoms with Gasteiger partial charge in [0, 0.05) is 21.9 Å². The maximum Gasteiger partial charge on any atom is 0.146 e. The van der Waals surface area contributed by atoms with E-state index in [1.807, 2.05) is 55.5 Å². The molecule has 0 spiro atoms. The summed E-state index contributed by atoms with van der Waals surface area (Å²) < 4.78 is 12.2. The molecule has 180 valence electrons. The largest absolute Gasteiger partial charge is 0.456 e. The molecule has 7 rings (SSSR count). The third-order valence-corrected chi connectivity index (χ3v) is 7.39. The van der Waals surface area contributed by atoms with Crippen LogP contribution in [-0.2, 0) is 10.8 Å². The van der Waals surface area contributed by atoms with Crippen molar-refractivity contribution in [1.29, 1.82) is 0 Å². The second-order valence-electron chi connectivity index (χ2n) is 10.2. The number of para-hydroxylation sites is 2. The molecule has 37 heavy (non-hydrogen) atoms. The van der Waals surface area contributed by atoms with Crippen LogP contribution in [-0.4, -0.2) is 15.0 Å². The van der Waals surface area contributed by atoms with Gasteiger partial charge in [0.05, 0.1) is 10.8 Å². The number of hydrogen-bond donors (Lipinski definition) is 0. The molecule has 0 N–H and O–H groups in total. The first-order valence-electron chi connectivity index (χ1n) is 12.5. The molecule has 0 amide bonds. The summed E-state index contributed by atoms with van der Waals surface area (Å²) in [4.78, 5) is 14.6. The Hall–Kier alpha value is -4.51. The van der Waals surface area contributed by atoms with E-state index in [-0.39, 0.29) is 0 Å². The Labute approximate surface area is 214 Å². The molecule has 0 saturated heterocycles. The second kappa shape index (κ2) is 7.74. The third-order valence-electron chi connectivity index (χ3n) is 7.39. The summed E-state index contributed by atoms with van der Waals surface area (Å²) in [5.74, 6) is 3.77. The quantitative estimate of drug-likeness (QED) is 0.258. The van der Waals surface area contributed by atoms with Crippen LogP contribution in [0.15, 0.2) is 81.7 Å². The number of fused-ring (bicyclic) bond motifs is 6. The average molecular weight is 484 g/mol. The first kappa shape index (κ1) is 21.7. The Bertz CT molecular complexity index is 1700. The maximum absolute atomic E-state index is 6.11. The minimum atomic E-state index is -0.526. The van der Waals surface area contributed by atoms with Crippen LogP contribution >= 0.6 is 0 Å². The van der Waals surface area contributed by atoms with Gasteiger partial charge >= 0.3 is 0 Å². The van der Waals surface area contributed by atoms with Crippen molar-refractivity contribution >= 4 is 46.2 Å². The molecule has 0 saturated carbocycles. The summed E-state index contributed by atoms with van der Waals surface area (Å²) in [5, 5.41) is 2.20. The van der Waals surface area contributed by atoms with Gasteiger partial charge in [-0.25, -0.2) is 15.0 Å². The van der Waals surface area contributed by atoms with Crippen molar-refractivity contribution in [1.82, 2.24) is 15.0 Å². The van der Waals surface area contributed by atoms with Crippen molar-refractivity contribution in [2.75, 3.05) is 0 Å². The van der Waals surface area contributed by atoms with E-state index < -0.39 is 10.8 Å². The van der Waals surface area contributed by atoms with Gasteiger partial charge in [-0.15, -0.1) is 0 Å². The predicted octanol–water partition coefficient (Wildman–Crippen LogP) is 7.67. The average Bonchev–Trinajstić information content (AvgIpc) is 3.33. The van der Waals surface area contributed by atoms with Crippen LogP contribution in [0.5, 0.6) is 0 Å². The fourth-order valence-electron chi connectivity index (χ4n) is 5.14. The van der Waals surface area contributed by atoms with Crippen LogP contribution in [0.1, 0.15) is 54.0 Å². The van der Waals surface area contributed by atoms with Gasteiger partial charge in [0.15, 0.2) is 0 Å². The third kappa shape index (κ3) is 3.42. The Morgan fingerprint density at radius 3 is 1.49 bits per heavy atom. The molecule has 3 heterocycles. The van der Waals surface area contributed by atoms with Gasteiger partial charge in [-0.1, -0.05) is 72.9 Å². The van der Waals surface area contributed by atoms with Crippen molar-refractivity contribution in [2.24, 2.45) is 0 Å². The fraction of sp³-hybridized carbons (Fsp3) is 0.156. The molecule has 2 aliphatic carbocycles. The Balaban J connectivity index is 1.29. The highest BCUT2D eigenvalue weighted by Gasteiger charge is 2.32. The molecule has 0 fully saturated rings. The molecule has 2 aliphatic rings. The van der Waals surface area contributed by atoms with E-state index in [0.717, 1.165) is 44.6 Å². The van der Waals surface area contributed by atoms with Gasteiger partial charge in [0.2, 0.25) is 0 Å². The van der Waals surface area contributed by atoms with Crippen molar-refractivity contribution in [3.8, 4) is 0 Å². The van der Waals surface area contributed by atoms with Gasteiger partial charge in [0.25, 0.3) is 0 Å². The standard InChI is InChI=1S/C32H25N3O2/c1-20-33-29(31(2)16-12-23-21-8-4-6-10-25(21)36-27(23)14-18-31)35-30(34-20)32(3)17-13-24-22-9-5-7-11-26(22)37-28(24)15-19-32/h4-19H,1-3H3. The normalized spacial score (nSPS) is 22.2. The molecule has 0 radical (unpaired) electrons. The Morgan fingerprint density at radius 1 is 0.568 bits per heavy atom. The number of allylic oxidation sites excluding steroid dienone is 4. The number of benzene rings is 2. The van der Waals surface area contributed by atoms with Crippen LogP contribution in [0.2, 0.25) is 0 Å². The molecule has 3 aromatic heterocycles. The number of hydrogen-bond acceptors (Lipinski definition) is 5. The number of aromatic nitrogens is 3. The summed E-state index contributed by atoms with van der Waals surface area (Å²) >= 11 is 0. The molecule has 2 unspecified atom stereocenters. The van der Waals surface area contributed by atoms with E-state index in [1.54, 1.807) is 0 Å². The van der Waals surface area contributed by atoms with Gasteiger partial charge in [0.1, 0.15) is 40.2 Å². The van der Waals surface area contributed by atoms with Crippen LogP contribution in [0.4, 0.5) is 0 Å². The van der Waals surface area contributed by atoms with Gasteiger partial charge in [-0.2, -0.15) is 0 Å². The van der Waals surface area contributed by atoms with Crippen molar-refractivity contribution in [3.05, 3.63) is 113 Å². The molecule has 2 aromatic carbocycles. The molecule has 5 nitrogen and oxygen atoms in total. The lowest BCUT2D eigenvalue weighted by molar-refractivity contribution is 0.598. The van der Waals surface area contributed by atoms with Crippen molar-refractivity contribution in [2.45, 2.75) is 31.6 Å². The fourth-order valence-corrected chi connectivity index (χ4v) is 5.14. The van der Waals surface area contributed by atoms with Crippen molar-refractivity contribution < 1.29 is 8.83 Å². The van der Waals surface area contributed by atoms with Gasteiger partial charge in [-0.3, -0.25) is 0 Å². The first-order chi connectivity index (χ1) is 17.9. The van der Waals surface area contributed by atoms with Crippen molar-refractivity contribution in [3.63, 3.8) is 0 Å². The van der Waals surface area contributed by atoms with E-state index in [9.17, 15) is 0 Å². The van der Waals surface area contributed by atoms with Gasteiger partial charge in [-0.05, 0) is 45.1 Å². The number of aryl methyl sites for hydroxylation is 1. The molecule has 0 aliphatic heterocycles. The summed E-state index contributed by atoms with van der Waals surface area (Å²) in [6.45, 7) is 6.16. The highest BCUT2D eigenvalue weighted by Crippen LogP contribution is 2.38. The minimum absolute atomic E-state index is 0.526. The molecule has 0 bridgehead atoms. The predicted molar refractivity (Wildman–Crippen MR) is 148 cm³/mol. The highest BCUT2D eigenvalue weighted by molar-refractivity contribution is 5.93. The Morgan fingerprint density at radius 2 is 1.00 bits per heavy atom. The molecule has 5 aromatic rings. The lowest BCUT2D eigenvalue weighted by Gasteiger charge is -2.25. The van der Waals surface area contributed by atoms with E-state index in [1.165, 1.54) is 0 Å². The summed E-state index contributed by atoms with van der Waals surface area (Å²) in [7, 11) is 0. The number of furan rings is 2. The van der Waals surface area contributed by atoms with E-state index in [0.29, 0.717) is 17.5 Å². The summed E-state index contributed by atoms with van der Waals surface area (Å²) in [5.41, 5.74) is 2.86. The number of rotatable bonds is 2. The second-order valence-corrected chi connectivity index (χ2v) is 10.2. The van der Waals surface area contributed by atoms with Crippen LogP contribution < -0.4 is 0 Å². The first-order valence-corrected chi connectivity index (χ1v) is 12.5. The molecular formula is C32H25N3O2. The topological polar surface area (TPSA) is 65.0 Å². The van der Waals surface area contributed by atoms with Gasteiger partial charge < -0.3 is 8.83 Å². The summed E-state index contributed by atoms with van der Waals surface area (Å²) in [6.07, 6.45) is 16.8. The van der Waals surface area contributed by atoms with E-state index >= 15 is 0 Å². The Kier molecular flexibility index (Phi) is 4.55. The lowest BCUT2D eigenvalue weighted by atomic mass is 9.86. The molecular weight excluding hydrogens is 458 g/mol. The zero-order valence-corrected chi connectivity index (χ0v) is 20.9. The lowest BCUT2D eigenvalue weighted by Crippen LogP contribution is -2.26. The zero-order valence-electron chi connectivity index (χ0n) is 20.9. The molecule has 5 heteroatoms. The van der Waals surface area contributed by atoms with E-state index in [4.69, 9.17) is 23.8 Å². The van der Waals surface area contributed by atoms with E-state index in [2.05, 4.69) is 62.4 Å². The van der Waals surface area contributed by atoms with Crippen LogP contribution in [0.3, 0.4) is 0 Å². The zero-order chi connectivity index (χ0) is 25.2. The van der Waals surface area contributed by atoms with Crippen LogP contribution in [0, 0.1) is 6.92 Å². The maximum atomic E-state index is 6.11. The smallest absolute Gasteiger partial charge is 0.146 e. The summed E-state index contributed by atoms with van der Waals surface area (Å²) in [6, 6.07) is 16.2. The monoisotopic (exact) mass is 483 g/mol. The molecule has 2 atom stereocenters. The van der Waals surface area contributed by atoms with Crippen LogP contribution in [0.25, 0.3) is 46.2 Å². The SMILES string of the molecule is Cc1nc(C2(C)C=Cc3oc4ccccc4c3C=C2)nc(C2(C)C=Cc3oc4ccccc4c3C=C2)n1. The minimum Gasteiger partial charge on any atom is -0.456 e. The highest BCUT2D eigenvalue weighted by atomic mass is 16.3. The number of nitrogens with zero attached hydrogens (tertiary/aromatic N) is 3.